The molecule has 2 aromatic rings. The van der Waals surface area contributed by atoms with E-state index in [1.54, 1.807) is 13.0 Å². The van der Waals surface area contributed by atoms with Crippen molar-refractivity contribution in [3.05, 3.63) is 24.8 Å². The van der Waals surface area contributed by atoms with Gasteiger partial charge in [-0.2, -0.15) is 0 Å². The van der Waals surface area contributed by atoms with E-state index in [0.717, 1.165) is 0 Å². The molecule has 0 aliphatic carbocycles. The van der Waals surface area contributed by atoms with Crippen LogP contribution in [0.2, 0.25) is 0 Å². The van der Waals surface area contributed by atoms with Crippen LogP contribution in [0, 0.1) is 0 Å². The third-order valence-corrected chi connectivity index (χ3v) is 4.32. The molecule has 1 fully saturated rings. The van der Waals surface area contributed by atoms with Gasteiger partial charge in [-0.15, -0.1) is 0 Å². The lowest BCUT2D eigenvalue weighted by molar-refractivity contribution is -0.143. The second-order valence-corrected chi connectivity index (χ2v) is 6.18. The van der Waals surface area contributed by atoms with Crippen molar-refractivity contribution in [2.75, 3.05) is 12.3 Å². The van der Waals surface area contributed by atoms with Crippen LogP contribution in [0.5, 0.6) is 0 Å². The minimum Gasteiger partial charge on any atom is -0.466 e. The van der Waals surface area contributed by atoms with E-state index < -0.39 is 24.5 Å². The number of nitrogens with two attached hydrogens (primary N) is 1. The molecule has 146 valence electrons. The molecule has 0 spiro atoms. The number of carbonyl (C=O) groups excluding carboxylic acids is 1. The van der Waals surface area contributed by atoms with Crippen molar-refractivity contribution in [2.24, 2.45) is 0 Å². The van der Waals surface area contributed by atoms with E-state index in [9.17, 15) is 15.0 Å². The number of aromatic nitrogens is 4. The summed E-state index contributed by atoms with van der Waals surface area (Å²) < 4.78 is 12.2. The van der Waals surface area contributed by atoms with Crippen molar-refractivity contribution < 1.29 is 24.5 Å². The van der Waals surface area contributed by atoms with Crippen molar-refractivity contribution in [1.29, 1.82) is 0 Å². The molecule has 3 heterocycles. The largest absolute Gasteiger partial charge is 0.466 e. The molecule has 1 aliphatic heterocycles. The minimum atomic E-state index is -1.16. The van der Waals surface area contributed by atoms with Crippen LogP contribution in [-0.2, 0) is 14.3 Å². The Morgan fingerprint density at radius 3 is 2.96 bits per heavy atom. The van der Waals surface area contributed by atoms with Crippen LogP contribution in [0.4, 0.5) is 5.82 Å². The van der Waals surface area contributed by atoms with Gasteiger partial charge in [-0.05, 0) is 19.8 Å². The van der Waals surface area contributed by atoms with Crippen LogP contribution >= 0.6 is 0 Å². The second-order valence-electron chi connectivity index (χ2n) is 6.18. The third-order valence-electron chi connectivity index (χ3n) is 4.32. The molecule has 0 amide bonds. The van der Waals surface area contributed by atoms with E-state index in [1.807, 2.05) is 6.08 Å². The maximum atomic E-state index is 11.3. The van der Waals surface area contributed by atoms with Gasteiger partial charge in [0.25, 0.3) is 0 Å². The van der Waals surface area contributed by atoms with Crippen molar-refractivity contribution in [1.82, 2.24) is 19.5 Å². The number of anilines is 1. The molecule has 0 aromatic carbocycles. The van der Waals surface area contributed by atoms with E-state index in [1.165, 1.54) is 17.2 Å². The Balaban J connectivity index is 1.63. The predicted octanol–water partition coefficient (Wildman–Crippen LogP) is 0.317. The summed E-state index contributed by atoms with van der Waals surface area (Å²) in [4.78, 5) is 23.4. The number of nitrogens with zero attached hydrogens (tertiary/aromatic N) is 4. The van der Waals surface area contributed by atoms with E-state index in [4.69, 9.17) is 15.2 Å². The summed E-state index contributed by atoms with van der Waals surface area (Å²) >= 11 is 0. The van der Waals surface area contributed by atoms with Crippen LogP contribution in [-0.4, -0.2) is 60.6 Å². The van der Waals surface area contributed by atoms with Gasteiger partial charge < -0.3 is 25.4 Å². The average molecular weight is 377 g/mol. The Bertz CT molecular complexity index is 823. The first-order valence-corrected chi connectivity index (χ1v) is 8.79. The first kappa shape index (κ1) is 19.2. The molecule has 27 heavy (non-hydrogen) atoms. The number of nitrogen functional groups attached to an aromatic ring is 1. The summed E-state index contributed by atoms with van der Waals surface area (Å²) in [5.41, 5.74) is 6.59. The van der Waals surface area contributed by atoms with Crippen molar-refractivity contribution in [3.8, 4) is 0 Å². The zero-order chi connectivity index (χ0) is 19.4. The summed E-state index contributed by atoms with van der Waals surface area (Å²) in [7, 11) is 0. The topological polar surface area (TPSA) is 146 Å². The molecule has 0 radical (unpaired) electrons. The molecule has 0 bridgehead atoms. The molecule has 2 aromatic heterocycles. The molecule has 4 N–H and O–H groups in total. The molecule has 0 unspecified atom stereocenters. The summed E-state index contributed by atoms with van der Waals surface area (Å²) in [6, 6.07) is 0. The van der Waals surface area contributed by atoms with Crippen LogP contribution in [0.15, 0.2) is 24.8 Å². The SMILES string of the molecule is CCOC(=O)CCC/C=C/[C@H]1O[C@@H](n2cnc3c(N)ncnc32)[C@H](O)[C@@H]1O. The van der Waals surface area contributed by atoms with Crippen molar-refractivity contribution in [2.45, 2.75) is 50.7 Å². The average Bonchev–Trinajstić information content (AvgIpc) is 3.19. The van der Waals surface area contributed by atoms with E-state index in [-0.39, 0.29) is 11.8 Å². The molecule has 3 rings (SSSR count). The highest BCUT2D eigenvalue weighted by molar-refractivity contribution is 5.81. The standard InChI is InChI=1S/C17H23N5O5/c1-2-26-11(23)7-5-3-4-6-10-13(24)14(25)17(27-10)22-9-21-12-15(18)19-8-20-16(12)22/h4,6,8-10,13-14,17,24-25H,2-3,5,7H2,1H3,(H2,18,19,20)/b6-4+/t10-,13-,14-,17-/m1/s1. The van der Waals surface area contributed by atoms with Gasteiger partial charge in [-0.3, -0.25) is 9.36 Å². The number of unbranched alkanes of at least 4 members (excludes halogenated alkanes) is 1. The summed E-state index contributed by atoms with van der Waals surface area (Å²) in [6.07, 6.45) is 4.03. The Morgan fingerprint density at radius 2 is 2.19 bits per heavy atom. The first-order valence-electron chi connectivity index (χ1n) is 8.79. The Hall–Kier alpha value is -2.56. The maximum absolute atomic E-state index is 11.3. The molecule has 1 aliphatic rings. The Labute approximate surface area is 155 Å². The molecule has 10 heteroatoms. The van der Waals surface area contributed by atoms with Gasteiger partial charge in [-0.1, -0.05) is 12.2 Å². The normalized spacial score (nSPS) is 25.4. The minimum absolute atomic E-state index is 0.227. The van der Waals surface area contributed by atoms with Crippen LogP contribution in [0.1, 0.15) is 32.4 Å². The lowest BCUT2D eigenvalue weighted by Crippen LogP contribution is -2.30. The summed E-state index contributed by atoms with van der Waals surface area (Å²) in [5.74, 6) is -0.00313. The van der Waals surface area contributed by atoms with Crippen molar-refractivity contribution in [3.63, 3.8) is 0 Å². The Kier molecular flexibility index (Phi) is 5.99. The van der Waals surface area contributed by atoms with Crippen molar-refractivity contribution >= 4 is 23.0 Å². The highest BCUT2D eigenvalue weighted by Gasteiger charge is 2.43. The number of carbonyl (C=O) groups is 1. The monoisotopic (exact) mass is 377 g/mol. The lowest BCUT2D eigenvalue weighted by atomic mass is 10.1. The highest BCUT2D eigenvalue weighted by atomic mass is 16.6. The number of hydrogen-bond donors (Lipinski definition) is 3. The quantitative estimate of drug-likeness (QED) is 0.352. The zero-order valence-corrected chi connectivity index (χ0v) is 14.9. The number of allylic oxidation sites excluding steroid dienone is 1. The number of fused-ring (bicyclic) bond motifs is 1. The molecular formula is C17H23N5O5. The van der Waals surface area contributed by atoms with Crippen LogP contribution < -0.4 is 5.73 Å². The van der Waals surface area contributed by atoms with Crippen LogP contribution in [0.3, 0.4) is 0 Å². The predicted molar refractivity (Wildman–Crippen MR) is 95.3 cm³/mol. The molecule has 0 saturated carbocycles. The second kappa shape index (κ2) is 8.42. The number of aliphatic hydroxyl groups is 2. The fourth-order valence-electron chi connectivity index (χ4n) is 2.96. The zero-order valence-electron chi connectivity index (χ0n) is 14.9. The number of aliphatic hydroxyl groups excluding tert-OH is 2. The molecule has 1 saturated heterocycles. The number of hydrogen-bond acceptors (Lipinski definition) is 9. The maximum Gasteiger partial charge on any atom is 0.305 e. The first-order chi connectivity index (χ1) is 13.0. The molecule has 4 atom stereocenters. The lowest BCUT2D eigenvalue weighted by Gasteiger charge is -2.16. The molecular weight excluding hydrogens is 354 g/mol. The number of rotatable bonds is 7. The summed E-state index contributed by atoms with van der Waals surface area (Å²) in [6.45, 7) is 2.14. The third kappa shape index (κ3) is 4.07. The van der Waals surface area contributed by atoms with Gasteiger partial charge in [0.05, 0.1) is 12.9 Å². The van der Waals surface area contributed by atoms with E-state index in [0.29, 0.717) is 37.0 Å². The smallest absolute Gasteiger partial charge is 0.305 e. The summed E-state index contributed by atoms with van der Waals surface area (Å²) in [5, 5.41) is 20.6. The van der Waals surface area contributed by atoms with Gasteiger partial charge in [0.2, 0.25) is 0 Å². The molecule has 10 nitrogen and oxygen atoms in total. The fourth-order valence-corrected chi connectivity index (χ4v) is 2.96. The number of imidazole rings is 1. The van der Waals surface area contributed by atoms with Gasteiger partial charge in [0.1, 0.15) is 30.2 Å². The van der Waals surface area contributed by atoms with Gasteiger partial charge >= 0.3 is 5.97 Å². The van der Waals surface area contributed by atoms with Crippen LogP contribution in [0.25, 0.3) is 11.2 Å². The highest BCUT2D eigenvalue weighted by Crippen LogP contribution is 2.32. The van der Waals surface area contributed by atoms with Gasteiger partial charge in [0.15, 0.2) is 17.7 Å². The van der Waals surface area contributed by atoms with E-state index in [2.05, 4.69) is 15.0 Å². The van der Waals surface area contributed by atoms with Gasteiger partial charge in [-0.25, -0.2) is 15.0 Å². The van der Waals surface area contributed by atoms with Gasteiger partial charge in [0, 0.05) is 6.42 Å². The fraction of sp³-hybridized carbons (Fsp3) is 0.529. The number of ether oxygens (including phenoxy) is 2. The Morgan fingerprint density at radius 1 is 1.37 bits per heavy atom. The number of esters is 1. The van der Waals surface area contributed by atoms with E-state index >= 15 is 0 Å².